The second-order valence-corrected chi connectivity index (χ2v) is 5.77. The van der Waals surface area contributed by atoms with Crippen molar-refractivity contribution in [2.75, 3.05) is 0 Å². The molecule has 1 N–H and O–H groups in total. The molecule has 2 atom stereocenters. The molecule has 104 valence electrons. The Kier molecular flexibility index (Phi) is 3.56. The van der Waals surface area contributed by atoms with Crippen LogP contribution in [0.15, 0.2) is 33.3 Å². The molecule has 2 aromatic rings. The van der Waals surface area contributed by atoms with E-state index in [9.17, 15) is 9.90 Å². The Bertz CT molecular complexity index is 641. The molecule has 2 unspecified atom stereocenters. The minimum Gasteiger partial charge on any atom is -0.481 e. The number of carboxylic acid groups (broad SMARTS) is 1. The summed E-state index contributed by atoms with van der Waals surface area (Å²) in [4.78, 5) is 15.6. The van der Waals surface area contributed by atoms with Gasteiger partial charge in [0.2, 0.25) is 11.7 Å². The number of aromatic nitrogens is 2. The van der Waals surface area contributed by atoms with Crippen molar-refractivity contribution in [3.05, 3.63) is 34.6 Å². The van der Waals surface area contributed by atoms with Crippen molar-refractivity contribution >= 4 is 21.9 Å². The van der Waals surface area contributed by atoms with Crippen molar-refractivity contribution in [3.63, 3.8) is 0 Å². The monoisotopic (exact) mass is 336 g/mol. The molecule has 0 spiro atoms. The quantitative estimate of drug-likeness (QED) is 0.928. The summed E-state index contributed by atoms with van der Waals surface area (Å²) in [6.45, 7) is 0. The maximum absolute atomic E-state index is 11.2. The van der Waals surface area contributed by atoms with E-state index in [2.05, 4.69) is 26.1 Å². The Balaban J connectivity index is 1.91. The Morgan fingerprint density at radius 3 is 2.90 bits per heavy atom. The largest absolute Gasteiger partial charge is 0.481 e. The van der Waals surface area contributed by atoms with Crippen molar-refractivity contribution in [1.82, 2.24) is 10.1 Å². The van der Waals surface area contributed by atoms with Gasteiger partial charge in [0.05, 0.1) is 11.8 Å². The molecule has 20 heavy (non-hydrogen) atoms. The molecule has 0 radical (unpaired) electrons. The summed E-state index contributed by atoms with van der Waals surface area (Å²) < 4.78 is 6.18. The number of nitrogens with zero attached hydrogens (tertiary/aromatic N) is 2. The zero-order valence-corrected chi connectivity index (χ0v) is 12.2. The number of benzene rings is 1. The molecular weight excluding hydrogens is 324 g/mol. The van der Waals surface area contributed by atoms with Crippen LogP contribution in [-0.2, 0) is 4.79 Å². The zero-order valence-electron chi connectivity index (χ0n) is 10.6. The highest BCUT2D eigenvalue weighted by atomic mass is 79.9. The normalized spacial score (nSPS) is 22.1. The van der Waals surface area contributed by atoms with Gasteiger partial charge in [0.25, 0.3) is 0 Å². The van der Waals surface area contributed by atoms with E-state index in [0.29, 0.717) is 18.1 Å². The molecule has 0 amide bonds. The summed E-state index contributed by atoms with van der Waals surface area (Å²) in [6, 6.07) is 7.60. The highest BCUT2D eigenvalue weighted by Gasteiger charge is 2.37. The third-order valence-corrected chi connectivity index (χ3v) is 4.40. The second kappa shape index (κ2) is 5.36. The number of hydrogen-bond donors (Lipinski definition) is 1. The van der Waals surface area contributed by atoms with Crippen LogP contribution in [0.4, 0.5) is 0 Å². The SMILES string of the molecule is O=C(O)C1CCCC1c1nc(-c2ccccc2Br)no1. The van der Waals surface area contributed by atoms with Gasteiger partial charge in [-0.25, -0.2) is 0 Å². The van der Waals surface area contributed by atoms with Crippen LogP contribution in [0.5, 0.6) is 0 Å². The van der Waals surface area contributed by atoms with Gasteiger partial charge in [0, 0.05) is 10.0 Å². The van der Waals surface area contributed by atoms with Crippen LogP contribution in [0.1, 0.15) is 31.1 Å². The first kappa shape index (κ1) is 13.3. The number of carbonyl (C=O) groups is 1. The van der Waals surface area contributed by atoms with Crippen LogP contribution in [0.3, 0.4) is 0 Å². The lowest BCUT2D eigenvalue weighted by molar-refractivity contribution is -0.142. The average Bonchev–Trinajstić information content (AvgIpc) is 3.07. The molecule has 6 heteroatoms. The smallest absolute Gasteiger partial charge is 0.307 e. The van der Waals surface area contributed by atoms with Gasteiger partial charge < -0.3 is 9.63 Å². The number of carboxylic acids is 1. The fourth-order valence-corrected chi connectivity index (χ4v) is 3.15. The van der Waals surface area contributed by atoms with E-state index in [0.717, 1.165) is 22.9 Å². The predicted octanol–water partition coefficient (Wildman–Crippen LogP) is 3.47. The fourth-order valence-electron chi connectivity index (χ4n) is 2.69. The Hall–Kier alpha value is -1.69. The minimum absolute atomic E-state index is 0.170. The maximum Gasteiger partial charge on any atom is 0.307 e. The highest BCUT2D eigenvalue weighted by Crippen LogP contribution is 2.39. The van der Waals surface area contributed by atoms with Gasteiger partial charge in [-0.1, -0.05) is 39.6 Å². The van der Waals surface area contributed by atoms with Crippen LogP contribution in [-0.4, -0.2) is 21.2 Å². The minimum atomic E-state index is -0.784. The molecule has 1 saturated carbocycles. The summed E-state index contributed by atoms with van der Waals surface area (Å²) in [6.07, 6.45) is 2.34. The molecule has 3 rings (SSSR count). The van der Waals surface area contributed by atoms with Crippen molar-refractivity contribution in [1.29, 1.82) is 0 Å². The average molecular weight is 337 g/mol. The van der Waals surface area contributed by atoms with Gasteiger partial charge in [-0.05, 0) is 25.0 Å². The zero-order chi connectivity index (χ0) is 14.1. The van der Waals surface area contributed by atoms with Crippen LogP contribution in [0.2, 0.25) is 0 Å². The number of rotatable bonds is 3. The van der Waals surface area contributed by atoms with Gasteiger partial charge in [0.15, 0.2) is 0 Å². The summed E-state index contributed by atoms with van der Waals surface area (Å²) in [7, 11) is 0. The molecule has 1 fully saturated rings. The predicted molar refractivity (Wildman–Crippen MR) is 75.2 cm³/mol. The lowest BCUT2D eigenvalue weighted by Gasteiger charge is -2.10. The Labute approximate surface area is 124 Å². The third kappa shape index (κ3) is 2.35. The van der Waals surface area contributed by atoms with E-state index >= 15 is 0 Å². The van der Waals surface area contributed by atoms with Crippen molar-refractivity contribution in [2.45, 2.75) is 25.2 Å². The highest BCUT2D eigenvalue weighted by molar-refractivity contribution is 9.10. The number of hydrogen-bond acceptors (Lipinski definition) is 4. The van der Waals surface area contributed by atoms with Gasteiger partial charge >= 0.3 is 5.97 Å². The molecule has 0 aliphatic heterocycles. The van der Waals surface area contributed by atoms with Gasteiger partial charge in [0.1, 0.15) is 0 Å². The van der Waals surface area contributed by atoms with E-state index in [1.165, 1.54) is 0 Å². The summed E-state index contributed by atoms with van der Waals surface area (Å²) in [5.74, 6) is -0.448. The summed E-state index contributed by atoms with van der Waals surface area (Å²) in [5, 5.41) is 13.2. The molecule has 0 bridgehead atoms. The first-order chi connectivity index (χ1) is 9.66. The van der Waals surface area contributed by atoms with Gasteiger partial charge in [-0.3, -0.25) is 4.79 Å². The van der Waals surface area contributed by atoms with Crippen LogP contribution in [0, 0.1) is 5.92 Å². The maximum atomic E-state index is 11.2. The van der Waals surface area contributed by atoms with E-state index in [-0.39, 0.29) is 5.92 Å². The third-order valence-electron chi connectivity index (χ3n) is 3.71. The van der Waals surface area contributed by atoms with Crippen LogP contribution < -0.4 is 0 Å². The first-order valence-electron chi connectivity index (χ1n) is 6.48. The van der Waals surface area contributed by atoms with Gasteiger partial charge in [-0.15, -0.1) is 0 Å². The molecule has 1 aromatic heterocycles. The number of halogens is 1. The molecule has 1 aromatic carbocycles. The Morgan fingerprint density at radius 2 is 2.15 bits per heavy atom. The van der Waals surface area contributed by atoms with Gasteiger partial charge in [-0.2, -0.15) is 4.98 Å². The molecule has 1 aliphatic carbocycles. The first-order valence-corrected chi connectivity index (χ1v) is 7.27. The van der Waals surface area contributed by atoms with E-state index in [1.54, 1.807) is 0 Å². The molecule has 0 saturated heterocycles. The van der Waals surface area contributed by atoms with Crippen molar-refractivity contribution < 1.29 is 14.4 Å². The Morgan fingerprint density at radius 1 is 1.35 bits per heavy atom. The summed E-state index contributed by atoms with van der Waals surface area (Å²) >= 11 is 3.45. The topological polar surface area (TPSA) is 76.2 Å². The molecular formula is C14H13BrN2O3. The number of aliphatic carboxylic acids is 1. The fraction of sp³-hybridized carbons (Fsp3) is 0.357. The van der Waals surface area contributed by atoms with Crippen molar-refractivity contribution in [2.24, 2.45) is 5.92 Å². The second-order valence-electron chi connectivity index (χ2n) is 4.92. The lowest BCUT2D eigenvalue weighted by atomic mass is 9.96. The molecule has 1 heterocycles. The van der Waals surface area contributed by atoms with E-state index in [1.807, 2.05) is 24.3 Å². The summed E-state index contributed by atoms with van der Waals surface area (Å²) in [5.41, 5.74) is 0.840. The molecule has 1 aliphatic rings. The van der Waals surface area contributed by atoms with E-state index < -0.39 is 11.9 Å². The molecule has 5 nitrogen and oxygen atoms in total. The van der Waals surface area contributed by atoms with Crippen molar-refractivity contribution in [3.8, 4) is 11.4 Å². The van der Waals surface area contributed by atoms with E-state index in [4.69, 9.17) is 4.52 Å². The lowest BCUT2D eigenvalue weighted by Crippen LogP contribution is -2.17. The standard InChI is InChI=1S/C14H13BrN2O3/c15-11-7-2-1-4-10(11)12-16-13(20-17-12)8-5-3-6-9(8)14(18)19/h1-2,4,7-9H,3,5-6H2,(H,18,19). The van der Waals surface area contributed by atoms with Crippen LogP contribution in [0.25, 0.3) is 11.4 Å². The van der Waals surface area contributed by atoms with Crippen LogP contribution >= 0.6 is 15.9 Å².